The van der Waals surface area contributed by atoms with Crippen molar-refractivity contribution in [1.82, 2.24) is 9.88 Å². The summed E-state index contributed by atoms with van der Waals surface area (Å²) in [6.07, 6.45) is 1.92. The number of aromatic nitrogens is 1. The summed E-state index contributed by atoms with van der Waals surface area (Å²) in [5, 5.41) is 2.81. The Labute approximate surface area is 105 Å². The van der Waals surface area contributed by atoms with Crippen molar-refractivity contribution in [1.29, 1.82) is 0 Å². The maximum Gasteiger partial charge on any atom is 0.251 e. The highest BCUT2D eigenvalue weighted by atomic mass is 19.1. The molecule has 3 nitrogen and oxygen atoms in total. The van der Waals surface area contributed by atoms with Crippen molar-refractivity contribution in [3.8, 4) is 0 Å². The van der Waals surface area contributed by atoms with Crippen LogP contribution in [-0.2, 0) is 13.6 Å². The molecule has 0 fully saturated rings. The number of nitrogens with zero attached hydrogens (tertiary/aromatic N) is 1. The summed E-state index contributed by atoms with van der Waals surface area (Å²) < 4.78 is 15.0. The third-order valence-corrected chi connectivity index (χ3v) is 2.90. The van der Waals surface area contributed by atoms with Gasteiger partial charge in [-0.3, -0.25) is 4.79 Å². The molecule has 0 aliphatic carbocycles. The van der Waals surface area contributed by atoms with Crippen LogP contribution in [-0.4, -0.2) is 10.5 Å². The van der Waals surface area contributed by atoms with Gasteiger partial charge in [0.2, 0.25) is 0 Å². The van der Waals surface area contributed by atoms with Gasteiger partial charge in [0, 0.05) is 24.5 Å². The first kappa shape index (κ1) is 12.4. The number of carbonyl (C=O) groups excluding carboxylic acids is 1. The molecule has 1 aromatic carbocycles. The van der Waals surface area contributed by atoms with E-state index in [1.54, 1.807) is 13.0 Å². The predicted octanol–water partition coefficient (Wildman–Crippen LogP) is 2.40. The maximum atomic E-state index is 13.1. The zero-order valence-corrected chi connectivity index (χ0v) is 10.4. The van der Waals surface area contributed by atoms with Crippen LogP contribution in [0, 0.1) is 12.7 Å². The average molecular weight is 246 g/mol. The molecular weight excluding hydrogens is 231 g/mol. The smallest absolute Gasteiger partial charge is 0.251 e. The molecule has 1 N–H and O–H groups in total. The molecule has 2 aromatic rings. The first-order valence-corrected chi connectivity index (χ1v) is 5.72. The first-order valence-electron chi connectivity index (χ1n) is 5.72. The highest BCUT2D eigenvalue weighted by Gasteiger charge is 2.08. The lowest BCUT2D eigenvalue weighted by molar-refractivity contribution is 0.0950. The third kappa shape index (κ3) is 2.59. The monoisotopic (exact) mass is 246 g/mol. The molecule has 0 saturated carbocycles. The molecule has 1 heterocycles. The quantitative estimate of drug-likeness (QED) is 0.886. The molecule has 0 saturated heterocycles. The molecule has 1 amide bonds. The van der Waals surface area contributed by atoms with Gasteiger partial charge in [-0.15, -0.1) is 0 Å². The summed E-state index contributed by atoms with van der Waals surface area (Å²) >= 11 is 0. The van der Waals surface area contributed by atoms with Gasteiger partial charge < -0.3 is 9.88 Å². The van der Waals surface area contributed by atoms with Gasteiger partial charge in [-0.05, 0) is 42.8 Å². The summed E-state index contributed by atoms with van der Waals surface area (Å²) in [6, 6.07) is 8.21. The van der Waals surface area contributed by atoms with Crippen LogP contribution in [0.4, 0.5) is 4.39 Å². The van der Waals surface area contributed by atoms with Gasteiger partial charge in [-0.1, -0.05) is 0 Å². The van der Waals surface area contributed by atoms with Gasteiger partial charge in [-0.25, -0.2) is 4.39 Å². The van der Waals surface area contributed by atoms with Crippen molar-refractivity contribution in [2.45, 2.75) is 13.5 Å². The molecule has 0 radical (unpaired) electrons. The van der Waals surface area contributed by atoms with Crippen LogP contribution in [0.25, 0.3) is 0 Å². The molecular formula is C14H15FN2O. The molecule has 0 aliphatic heterocycles. The van der Waals surface area contributed by atoms with E-state index in [1.807, 2.05) is 29.9 Å². The highest BCUT2D eigenvalue weighted by Crippen LogP contribution is 2.09. The van der Waals surface area contributed by atoms with Crippen molar-refractivity contribution in [2.24, 2.45) is 7.05 Å². The number of carbonyl (C=O) groups is 1. The highest BCUT2D eigenvalue weighted by molar-refractivity contribution is 5.94. The molecule has 94 valence electrons. The Morgan fingerprint density at radius 2 is 2.17 bits per heavy atom. The number of benzene rings is 1. The van der Waals surface area contributed by atoms with E-state index in [9.17, 15) is 9.18 Å². The Bertz CT molecular complexity index is 575. The van der Waals surface area contributed by atoms with Crippen molar-refractivity contribution >= 4 is 5.91 Å². The van der Waals surface area contributed by atoms with E-state index in [0.29, 0.717) is 17.7 Å². The number of amides is 1. The van der Waals surface area contributed by atoms with Gasteiger partial charge in [-0.2, -0.15) is 0 Å². The van der Waals surface area contributed by atoms with Crippen molar-refractivity contribution in [3.05, 3.63) is 59.2 Å². The van der Waals surface area contributed by atoms with E-state index < -0.39 is 0 Å². The zero-order chi connectivity index (χ0) is 13.1. The largest absolute Gasteiger partial charge is 0.353 e. The minimum absolute atomic E-state index is 0.195. The fourth-order valence-electron chi connectivity index (χ4n) is 1.74. The van der Waals surface area contributed by atoms with Crippen LogP contribution in [0.15, 0.2) is 36.5 Å². The van der Waals surface area contributed by atoms with E-state index in [-0.39, 0.29) is 11.7 Å². The van der Waals surface area contributed by atoms with Gasteiger partial charge in [0.25, 0.3) is 5.91 Å². The summed E-state index contributed by atoms with van der Waals surface area (Å²) in [4.78, 5) is 11.9. The van der Waals surface area contributed by atoms with Gasteiger partial charge in [0.05, 0.1) is 6.54 Å². The minimum Gasteiger partial charge on any atom is -0.353 e. The molecule has 1 aromatic heterocycles. The number of hydrogen-bond acceptors (Lipinski definition) is 1. The van der Waals surface area contributed by atoms with Crippen molar-refractivity contribution in [2.75, 3.05) is 0 Å². The molecule has 0 bridgehead atoms. The van der Waals surface area contributed by atoms with Crippen LogP contribution in [0.2, 0.25) is 0 Å². The lowest BCUT2D eigenvalue weighted by Crippen LogP contribution is -2.23. The number of nitrogens with one attached hydrogen (secondary N) is 1. The average Bonchev–Trinajstić information content (AvgIpc) is 2.75. The second-order valence-corrected chi connectivity index (χ2v) is 4.26. The predicted molar refractivity (Wildman–Crippen MR) is 67.7 cm³/mol. The Balaban J connectivity index is 2.04. The van der Waals surface area contributed by atoms with Gasteiger partial charge in [0.15, 0.2) is 0 Å². The summed E-state index contributed by atoms with van der Waals surface area (Å²) in [5.41, 5.74) is 1.96. The molecule has 18 heavy (non-hydrogen) atoms. The van der Waals surface area contributed by atoms with Gasteiger partial charge in [0.1, 0.15) is 5.82 Å². The Kier molecular flexibility index (Phi) is 3.46. The lowest BCUT2D eigenvalue weighted by Gasteiger charge is -2.07. The fourth-order valence-corrected chi connectivity index (χ4v) is 1.74. The Hall–Kier alpha value is -2.10. The van der Waals surface area contributed by atoms with Crippen LogP contribution in [0.3, 0.4) is 0 Å². The van der Waals surface area contributed by atoms with E-state index >= 15 is 0 Å². The number of rotatable bonds is 3. The van der Waals surface area contributed by atoms with E-state index in [4.69, 9.17) is 0 Å². The van der Waals surface area contributed by atoms with Crippen LogP contribution in [0.5, 0.6) is 0 Å². The zero-order valence-electron chi connectivity index (χ0n) is 10.4. The summed E-state index contributed by atoms with van der Waals surface area (Å²) in [6.45, 7) is 2.10. The topological polar surface area (TPSA) is 34.0 Å². The second-order valence-electron chi connectivity index (χ2n) is 4.26. The summed E-state index contributed by atoms with van der Waals surface area (Å²) in [5.74, 6) is -0.492. The van der Waals surface area contributed by atoms with E-state index in [1.165, 1.54) is 12.1 Å². The number of halogens is 1. The van der Waals surface area contributed by atoms with Crippen LogP contribution < -0.4 is 5.32 Å². The molecule has 0 aliphatic rings. The number of hydrogen-bond donors (Lipinski definition) is 1. The van der Waals surface area contributed by atoms with E-state index in [0.717, 1.165) is 5.69 Å². The molecule has 0 unspecified atom stereocenters. The summed E-state index contributed by atoms with van der Waals surface area (Å²) in [7, 11) is 1.92. The molecule has 2 rings (SSSR count). The van der Waals surface area contributed by atoms with Crippen molar-refractivity contribution in [3.63, 3.8) is 0 Å². The Morgan fingerprint density at radius 3 is 2.78 bits per heavy atom. The second kappa shape index (κ2) is 5.04. The molecule has 0 atom stereocenters. The Morgan fingerprint density at radius 1 is 1.39 bits per heavy atom. The SMILES string of the molecule is Cc1cc(C(=O)NCc2cccn2C)ccc1F. The van der Waals surface area contributed by atoms with Gasteiger partial charge >= 0.3 is 0 Å². The maximum absolute atomic E-state index is 13.1. The lowest BCUT2D eigenvalue weighted by atomic mass is 10.1. The first-order chi connectivity index (χ1) is 8.58. The normalized spacial score (nSPS) is 10.4. The molecule has 4 heteroatoms. The number of aryl methyl sites for hydroxylation is 2. The van der Waals surface area contributed by atoms with E-state index in [2.05, 4.69) is 5.32 Å². The fraction of sp³-hybridized carbons (Fsp3) is 0.214. The van der Waals surface area contributed by atoms with Crippen molar-refractivity contribution < 1.29 is 9.18 Å². The standard InChI is InChI=1S/C14H15FN2O/c1-10-8-11(5-6-13(10)15)14(18)16-9-12-4-3-7-17(12)2/h3-8H,9H2,1-2H3,(H,16,18). The van der Waals surface area contributed by atoms with Crippen LogP contribution >= 0.6 is 0 Å². The minimum atomic E-state index is -0.297. The molecule has 0 spiro atoms. The van der Waals surface area contributed by atoms with Crippen LogP contribution in [0.1, 0.15) is 21.6 Å². The third-order valence-electron chi connectivity index (χ3n) is 2.90.